The molecule has 2 rings (SSSR count). The lowest BCUT2D eigenvalue weighted by Crippen LogP contribution is -2.41. The van der Waals surface area contributed by atoms with E-state index < -0.39 is 8.07 Å². The predicted molar refractivity (Wildman–Crippen MR) is 82.5 cm³/mol. The molecule has 0 radical (unpaired) electrons. The standard InChI is InChI=1S/C15H23NO2Si/c1-15(2)10-18-14(16-15)12-8-7-11(17-3)9-13(12)19(4,5)6/h7-9H,10H2,1-6H3. The Labute approximate surface area is 116 Å². The van der Waals surface area contributed by atoms with Crippen molar-refractivity contribution in [2.45, 2.75) is 39.0 Å². The summed E-state index contributed by atoms with van der Waals surface area (Å²) in [5, 5.41) is 1.34. The Hall–Kier alpha value is -1.29. The van der Waals surface area contributed by atoms with E-state index >= 15 is 0 Å². The van der Waals surface area contributed by atoms with E-state index in [2.05, 4.69) is 45.6 Å². The van der Waals surface area contributed by atoms with Crippen LogP contribution in [0.4, 0.5) is 0 Å². The number of benzene rings is 1. The molecule has 0 spiro atoms. The SMILES string of the molecule is COc1ccc(C2=NC(C)(C)CO2)c([Si](C)(C)C)c1. The molecule has 1 aromatic rings. The van der Waals surface area contributed by atoms with Crippen LogP contribution in [-0.2, 0) is 4.74 Å². The Bertz CT molecular complexity index is 515. The molecule has 0 N–H and O–H groups in total. The number of aliphatic imine (C=N–C) groups is 1. The Balaban J connectivity index is 2.52. The van der Waals surface area contributed by atoms with Crippen molar-refractivity contribution >= 4 is 19.2 Å². The van der Waals surface area contributed by atoms with Crippen LogP contribution in [0, 0.1) is 0 Å². The van der Waals surface area contributed by atoms with E-state index in [4.69, 9.17) is 14.5 Å². The Morgan fingerprint density at radius 3 is 2.42 bits per heavy atom. The molecule has 0 fully saturated rings. The molecule has 1 aliphatic rings. The molecule has 1 aliphatic heterocycles. The third-order valence-electron chi connectivity index (χ3n) is 3.23. The maximum atomic E-state index is 5.80. The van der Waals surface area contributed by atoms with E-state index in [1.165, 1.54) is 5.19 Å². The minimum atomic E-state index is -1.48. The van der Waals surface area contributed by atoms with Crippen LogP contribution in [0.1, 0.15) is 19.4 Å². The van der Waals surface area contributed by atoms with Gasteiger partial charge in [-0.2, -0.15) is 0 Å². The molecule has 0 aromatic heterocycles. The molecule has 1 aromatic carbocycles. The monoisotopic (exact) mass is 277 g/mol. The van der Waals surface area contributed by atoms with Crippen LogP contribution in [0.25, 0.3) is 0 Å². The van der Waals surface area contributed by atoms with Gasteiger partial charge < -0.3 is 9.47 Å². The average Bonchev–Trinajstić information content (AvgIpc) is 2.67. The van der Waals surface area contributed by atoms with E-state index in [9.17, 15) is 0 Å². The average molecular weight is 277 g/mol. The molecule has 0 unspecified atom stereocenters. The highest BCUT2D eigenvalue weighted by molar-refractivity contribution is 6.89. The van der Waals surface area contributed by atoms with Crippen molar-refractivity contribution < 1.29 is 9.47 Å². The largest absolute Gasteiger partial charge is 0.497 e. The summed E-state index contributed by atoms with van der Waals surface area (Å²) in [6, 6.07) is 6.20. The van der Waals surface area contributed by atoms with Gasteiger partial charge in [0, 0.05) is 5.56 Å². The van der Waals surface area contributed by atoms with Gasteiger partial charge in [-0.05, 0) is 37.2 Å². The maximum Gasteiger partial charge on any atom is 0.216 e. The zero-order valence-corrected chi connectivity index (χ0v) is 13.7. The first kappa shape index (κ1) is 14.1. The molecular weight excluding hydrogens is 254 g/mol. The van der Waals surface area contributed by atoms with Gasteiger partial charge in [-0.1, -0.05) is 19.6 Å². The van der Waals surface area contributed by atoms with Crippen LogP contribution in [-0.4, -0.2) is 33.2 Å². The van der Waals surface area contributed by atoms with E-state index in [1.807, 2.05) is 6.07 Å². The van der Waals surface area contributed by atoms with Gasteiger partial charge in [0.1, 0.15) is 12.4 Å². The lowest BCUT2D eigenvalue weighted by Gasteiger charge is -2.21. The van der Waals surface area contributed by atoms with Gasteiger partial charge in [-0.25, -0.2) is 4.99 Å². The van der Waals surface area contributed by atoms with Gasteiger partial charge in [0.15, 0.2) is 0 Å². The highest BCUT2D eigenvalue weighted by Gasteiger charge is 2.31. The van der Waals surface area contributed by atoms with Crippen molar-refractivity contribution in [3.63, 3.8) is 0 Å². The number of hydrogen-bond acceptors (Lipinski definition) is 3. The van der Waals surface area contributed by atoms with Gasteiger partial charge in [0.2, 0.25) is 5.90 Å². The summed E-state index contributed by atoms with van der Waals surface area (Å²) in [5.74, 6) is 1.68. The maximum absolute atomic E-state index is 5.80. The molecule has 0 saturated heterocycles. The van der Waals surface area contributed by atoms with Crippen molar-refractivity contribution in [3.8, 4) is 5.75 Å². The van der Waals surface area contributed by atoms with E-state index in [0.717, 1.165) is 17.2 Å². The second-order valence-corrected chi connectivity index (χ2v) is 11.7. The van der Waals surface area contributed by atoms with Gasteiger partial charge >= 0.3 is 0 Å². The first-order chi connectivity index (χ1) is 8.73. The van der Waals surface area contributed by atoms with Crippen molar-refractivity contribution in [3.05, 3.63) is 23.8 Å². The zero-order valence-electron chi connectivity index (χ0n) is 12.7. The van der Waals surface area contributed by atoms with E-state index in [0.29, 0.717) is 6.61 Å². The molecule has 0 saturated carbocycles. The van der Waals surface area contributed by atoms with Crippen molar-refractivity contribution in [2.24, 2.45) is 4.99 Å². The van der Waals surface area contributed by atoms with E-state index in [1.54, 1.807) is 7.11 Å². The van der Waals surface area contributed by atoms with Crippen molar-refractivity contribution in [2.75, 3.05) is 13.7 Å². The summed E-state index contributed by atoms with van der Waals surface area (Å²) in [4.78, 5) is 4.70. The summed E-state index contributed by atoms with van der Waals surface area (Å²) in [6.07, 6.45) is 0. The van der Waals surface area contributed by atoms with Crippen LogP contribution >= 0.6 is 0 Å². The first-order valence-corrected chi connectivity index (χ1v) is 10.1. The van der Waals surface area contributed by atoms with Crippen molar-refractivity contribution in [1.29, 1.82) is 0 Å². The molecule has 0 amide bonds. The number of nitrogens with zero attached hydrogens (tertiary/aromatic N) is 1. The fourth-order valence-electron chi connectivity index (χ4n) is 2.18. The van der Waals surface area contributed by atoms with Crippen LogP contribution in [0.2, 0.25) is 19.6 Å². The van der Waals surface area contributed by atoms with Crippen LogP contribution < -0.4 is 9.92 Å². The van der Waals surface area contributed by atoms with Gasteiger partial charge in [-0.3, -0.25) is 0 Å². The minimum absolute atomic E-state index is 0.119. The lowest BCUT2D eigenvalue weighted by atomic mass is 10.1. The van der Waals surface area contributed by atoms with Crippen molar-refractivity contribution in [1.82, 2.24) is 0 Å². The summed E-state index contributed by atoms with van der Waals surface area (Å²) in [7, 11) is 0.224. The first-order valence-electron chi connectivity index (χ1n) is 6.64. The summed E-state index contributed by atoms with van der Waals surface area (Å²) >= 11 is 0. The molecule has 104 valence electrons. The second-order valence-electron chi connectivity index (χ2n) is 6.68. The predicted octanol–water partition coefficient (Wildman–Crippen LogP) is 2.80. The third-order valence-corrected chi connectivity index (χ3v) is 5.26. The topological polar surface area (TPSA) is 30.8 Å². The third kappa shape index (κ3) is 3.00. The molecule has 0 atom stereocenters. The molecule has 0 bridgehead atoms. The Morgan fingerprint density at radius 2 is 1.95 bits per heavy atom. The highest BCUT2D eigenvalue weighted by Crippen LogP contribution is 2.23. The minimum Gasteiger partial charge on any atom is -0.497 e. The summed E-state index contributed by atoms with van der Waals surface area (Å²) in [5.41, 5.74) is 1.01. The molecule has 4 heteroatoms. The normalized spacial score (nSPS) is 17.9. The summed E-state index contributed by atoms with van der Waals surface area (Å²) in [6.45, 7) is 11.8. The zero-order chi connectivity index (χ0) is 14.3. The molecular formula is C15H23NO2Si. The Kier molecular flexibility index (Phi) is 3.47. The lowest BCUT2D eigenvalue weighted by molar-refractivity contribution is 0.279. The number of ether oxygens (including phenoxy) is 2. The second kappa shape index (κ2) is 4.67. The van der Waals surface area contributed by atoms with Crippen LogP contribution in [0.15, 0.2) is 23.2 Å². The van der Waals surface area contributed by atoms with Gasteiger partial charge in [0.25, 0.3) is 0 Å². The number of hydrogen-bond donors (Lipinski definition) is 0. The highest BCUT2D eigenvalue weighted by atomic mass is 28.3. The molecule has 1 heterocycles. The fourth-order valence-corrected chi connectivity index (χ4v) is 3.75. The molecule has 19 heavy (non-hydrogen) atoms. The number of rotatable bonds is 3. The van der Waals surface area contributed by atoms with E-state index in [-0.39, 0.29) is 5.54 Å². The fraction of sp³-hybridized carbons (Fsp3) is 0.533. The molecule has 0 aliphatic carbocycles. The Morgan fingerprint density at radius 1 is 1.26 bits per heavy atom. The van der Waals surface area contributed by atoms with Crippen LogP contribution in [0.3, 0.4) is 0 Å². The number of methoxy groups -OCH3 is 1. The summed E-state index contributed by atoms with van der Waals surface area (Å²) < 4.78 is 11.1. The van der Waals surface area contributed by atoms with Gasteiger partial charge in [0.05, 0.1) is 20.7 Å². The molecule has 3 nitrogen and oxygen atoms in total. The van der Waals surface area contributed by atoms with Crippen LogP contribution in [0.5, 0.6) is 5.75 Å². The quantitative estimate of drug-likeness (QED) is 0.795. The van der Waals surface area contributed by atoms with Gasteiger partial charge in [-0.15, -0.1) is 0 Å². The smallest absolute Gasteiger partial charge is 0.216 e.